The van der Waals surface area contributed by atoms with Gasteiger partial charge in [-0.25, -0.2) is 0 Å². The number of allylic oxidation sites excluding steroid dienone is 1. The maximum absolute atomic E-state index is 10.1. The summed E-state index contributed by atoms with van der Waals surface area (Å²) in [5.41, 5.74) is 0.925. The molecule has 1 aromatic carbocycles. The quantitative estimate of drug-likeness (QED) is 0.343. The Labute approximate surface area is 112 Å². The zero-order chi connectivity index (χ0) is 13.3. The van der Waals surface area contributed by atoms with Crippen LogP contribution in [0.5, 0.6) is 0 Å². The van der Waals surface area contributed by atoms with Crippen LogP contribution in [0.15, 0.2) is 42.5 Å². The third kappa shape index (κ3) is 4.57. The first-order valence-electron chi connectivity index (χ1n) is 5.74. The van der Waals surface area contributed by atoms with Crippen molar-refractivity contribution in [2.45, 2.75) is 12.2 Å². The molecule has 2 rings (SSSR count). The van der Waals surface area contributed by atoms with Crippen LogP contribution in [0.4, 0.5) is 0 Å². The van der Waals surface area contributed by atoms with Gasteiger partial charge >= 0.3 is 0 Å². The van der Waals surface area contributed by atoms with Crippen molar-refractivity contribution in [3.8, 4) is 35.5 Å². The molecule has 0 N–H and O–H groups in total. The third-order valence-corrected chi connectivity index (χ3v) is 2.29. The number of hydrogen-bond acceptors (Lipinski definition) is 2. The van der Waals surface area contributed by atoms with Crippen molar-refractivity contribution in [3.05, 3.63) is 48.0 Å². The van der Waals surface area contributed by atoms with Crippen molar-refractivity contribution in [1.29, 1.82) is 0 Å². The molecule has 0 aromatic heterocycles. The molecule has 0 aliphatic carbocycles. The summed E-state index contributed by atoms with van der Waals surface area (Å²) in [6.45, 7) is 0. The number of hydrogen-bond donors (Lipinski definition) is 0. The molecule has 0 radical (unpaired) electrons. The van der Waals surface area contributed by atoms with Crippen molar-refractivity contribution in [3.63, 3.8) is 0 Å². The highest BCUT2D eigenvalue weighted by molar-refractivity contribution is 5.65. The molecule has 1 aromatic rings. The van der Waals surface area contributed by atoms with E-state index in [1.54, 1.807) is 6.08 Å². The van der Waals surface area contributed by atoms with Crippen molar-refractivity contribution in [2.24, 2.45) is 0 Å². The maximum atomic E-state index is 10.1. The summed E-state index contributed by atoms with van der Waals surface area (Å²) in [4.78, 5) is 10.1. The van der Waals surface area contributed by atoms with Gasteiger partial charge in [0.25, 0.3) is 0 Å². The molecule has 1 fully saturated rings. The first-order chi connectivity index (χ1) is 9.40. The number of carbonyl (C=O) groups is 1. The Morgan fingerprint density at radius 2 is 1.84 bits per heavy atom. The van der Waals surface area contributed by atoms with E-state index in [2.05, 4.69) is 35.5 Å². The second-order valence-electron chi connectivity index (χ2n) is 3.68. The maximum Gasteiger partial charge on any atom is 0.149 e. The molecule has 2 heteroatoms. The fourth-order valence-corrected chi connectivity index (χ4v) is 1.34. The molecule has 90 valence electrons. The van der Waals surface area contributed by atoms with Crippen LogP contribution in [-0.4, -0.2) is 18.5 Å². The first kappa shape index (κ1) is 12.7. The Bertz CT molecular complexity index is 652. The summed E-state index contributed by atoms with van der Waals surface area (Å²) >= 11 is 0. The lowest BCUT2D eigenvalue weighted by molar-refractivity contribution is -0.104. The molecule has 0 saturated carbocycles. The Morgan fingerprint density at radius 1 is 1.05 bits per heavy atom. The predicted molar refractivity (Wildman–Crippen MR) is 72.7 cm³/mol. The van der Waals surface area contributed by atoms with Crippen molar-refractivity contribution in [1.82, 2.24) is 0 Å². The van der Waals surface area contributed by atoms with Gasteiger partial charge in [-0.1, -0.05) is 30.0 Å². The lowest BCUT2D eigenvalue weighted by Gasteiger charge is -1.83. The average Bonchev–Trinajstić information content (AvgIpc) is 3.20. The lowest BCUT2D eigenvalue weighted by atomic mass is 10.2. The molecule has 1 heterocycles. The van der Waals surface area contributed by atoms with Crippen LogP contribution >= 0.6 is 0 Å². The number of carbonyl (C=O) groups excluding carboxylic acids is 1. The van der Waals surface area contributed by atoms with E-state index in [1.807, 2.05) is 30.3 Å². The van der Waals surface area contributed by atoms with Gasteiger partial charge in [-0.05, 0) is 48.0 Å². The smallest absolute Gasteiger partial charge is 0.149 e. The van der Waals surface area contributed by atoms with Crippen LogP contribution in [0.25, 0.3) is 0 Å². The molecule has 1 saturated heterocycles. The van der Waals surface area contributed by atoms with E-state index in [0.717, 1.165) is 5.56 Å². The van der Waals surface area contributed by atoms with E-state index in [9.17, 15) is 4.79 Å². The Hall–Kier alpha value is -2.73. The van der Waals surface area contributed by atoms with Gasteiger partial charge in [0, 0.05) is 5.56 Å². The average molecular weight is 246 g/mol. The Balaban J connectivity index is 1.82. The van der Waals surface area contributed by atoms with Crippen LogP contribution < -0.4 is 0 Å². The summed E-state index contributed by atoms with van der Waals surface area (Å²) in [5, 5.41) is 0. The topological polar surface area (TPSA) is 29.6 Å². The Morgan fingerprint density at radius 3 is 2.63 bits per heavy atom. The highest BCUT2D eigenvalue weighted by Crippen LogP contribution is 2.21. The standard InChI is InChI=1S/C17H10O2/c18-14-8-13-17-16(19-17)12-7-2-1-4-9-15-10-5-3-6-11-15/h3,5-6,8,10-11,13-14,16-17H/t16-,17-/m1/s1. The largest absolute Gasteiger partial charge is 0.351 e. The SMILES string of the molecule is O=CC=C[C@H]1O[C@@H]1C#CC#CC#Cc1ccccc1. The number of epoxide rings is 1. The summed E-state index contributed by atoms with van der Waals surface area (Å²) < 4.78 is 5.17. The third-order valence-electron chi connectivity index (χ3n) is 2.29. The van der Waals surface area contributed by atoms with Crippen LogP contribution in [0.3, 0.4) is 0 Å². The molecule has 0 spiro atoms. The van der Waals surface area contributed by atoms with E-state index in [-0.39, 0.29) is 12.2 Å². The van der Waals surface area contributed by atoms with E-state index in [0.29, 0.717) is 6.29 Å². The van der Waals surface area contributed by atoms with E-state index >= 15 is 0 Å². The second-order valence-corrected chi connectivity index (χ2v) is 3.68. The van der Waals surface area contributed by atoms with Gasteiger partial charge < -0.3 is 4.74 Å². The summed E-state index contributed by atoms with van der Waals surface area (Å²) in [6, 6.07) is 9.63. The predicted octanol–water partition coefficient (Wildman–Crippen LogP) is 1.57. The van der Waals surface area contributed by atoms with Gasteiger partial charge in [0.1, 0.15) is 18.5 Å². The van der Waals surface area contributed by atoms with Gasteiger partial charge in [0.15, 0.2) is 0 Å². The molecule has 0 bridgehead atoms. The molecule has 0 amide bonds. The van der Waals surface area contributed by atoms with Crippen molar-refractivity contribution < 1.29 is 9.53 Å². The molecular formula is C17H10O2. The highest BCUT2D eigenvalue weighted by atomic mass is 16.6. The number of benzene rings is 1. The monoisotopic (exact) mass is 246 g/mol. The summed E-state index contributed by atoms with van der Waals surface area (Å²) in [6.07, 6.45) is 3.58. The summed E-state index contributed by atoms with van der Waals surface area (Å²) in [7, 11) is 0. The minimum atomic E-state index is -0.146. The van der Waals surface area contributed by atoms with Crippen LogP contribution in [-0.2, 0) is 9.53 Å². The number of aldehydes is 1. The first-order valence-corrected chi connectivity index (χ1v) is 5.74. The van der Waals surface area contributed by atoms with Crippen LogP contribution in [0.2, 0.25) is 0 Å². The van der Waals surface area contributed by atoms with Gasteiger partial charge in [0.05, 0.1) is 0 Å². The number of ether oxygens (including phenoxy) is 1. The molecule has 19 heavy (non-hydrogen) atoms. The second kappa shape index (κ2) is 6.87. The minimum absolute atomic E-state index is 0.0742. The van der Waals surface area contributed by atoms with E-state index < -0.39 is 0 Å². The fraction of sp³-hybridized carbons (Fsp3) is 0.118. The van der Waals surface area contributed by atoms with Gasteiger partial charge in [-0.15, -0.1) is 0 Å². The highest BCUT2D eigenvalue weighted by Gasteiger charge is 2.34. The van der Waals surface area contributed by atoms with Gasteiger partial charge in [0.2, 0.25) is 0 Å². The number of rotatable bonds is 2. The molecule has 1 aliphatic rings. The van der Waals surface area contributed by atoms with Crippen LogP contribution in [0, 0.1) is 35.5 Å². The van der Waals surface area contributed by atoms with Crippen molar-refractivity contribution in [2.75, 3.05) is 0 Å². The zero-order valence-electron chi connectivity index (χ0n) is 10.1. The lowest BCUT2D eigenvalue weighted by Crippen LogP contribution is -1.84. The molecule has 0 unspecified atom stereocenters. The van der Waals surface area contributed by atoms with Crippen molar-refractivity contribution >= 4 is 6.29 Å². The summed E-state index contributed by atoms with van der Waals surface area (Å²) in [5.74, 6) is 16.5. The van der Waals surface area contributed by atoms with E-state index in [1.165, 1.54) is 6.08 Å². The molecule has 2 atom stereocenters. The van der Waals surface area contributed by atoms with Crippen LogP contribution in [0.1, 0.15) is 5.56 Å². The fourth-order valence-electron chi connectivity index (χ4n) is 1.34. The molecule has 2 nitrogen and oxygen atoms in total. The minimum Gasteiger partial charge on any atom is -0.351 e. The normalized spacial score (nSPS) is 19.2. The molecular weight excluding hydrogens is 236 g/mol. The van der Waals surface area contributed by atoms with E-state index in [4.69, 9.17) is 4.74 Å². The Kier molecular flexibility index (Phi) is 4.60. The molecule has 1 aliphatic heterocycles. The van der Waals surface area contributed by atoms with Gasteiger partial charge in [-0.2, -0.15) is 0 Å². The van der Waals surface area contributed by atoms with Gasteiger partial charge in [-0.3, -0.25) is 4.79 Å². The zero-order valence-corrected chi connectivity index (χ0v) is 10.1.